The van der Waals surface area contributed by atoms with Crippen LogP contribution in [0, 0.1) is 0 Å². The Hall–Kier alpha value is -0.575. The van der Waals surface area contributed by atoms with E-state index in [-0.39, 0.29) is 18.3 Å². The number of hydrogen-bond acceptors (Lipinski definition) is 3. The zero-order valence-electron chi connectivity index (χ0n) is 12.6. The van der Waals surface area contributed by atoms with Gasteiger partial charge in [-0.05, 0) is 46.6 Å². The van der Waals surface area contributed by atoms with Gasteiger partial charge in [0.1, 0.15) is 0 Å². The van der Waals surface area contributed by atoms with Crippen molar-refractivity contribution in [2.75, 3.05) is 0 Å². The summed E-state index contributed by atoms with van der Waals surface area (Å²) < 4.78 is 12.0. The van der Waals surface area contributed by atoms with Crippen LogP contribution in [0.25, 0.3) is 0 Å². The molecule has 0 radical (unpaired) electrons. The smallest absolute Gasteiger partial charge is 0.399 e. The van der Waals surface area contributed by atoms with Crippen molar-refractivity contribution in [2.45, 2.75) is 64.1 Å². The molecule has 1 aliphatic carbocycles. The lowest BCUT2D eigenvalue weighted by Crippen LogP contribution is -2.41. The number of rotatable bonds is 2. The number of pyridine rings is 1. The van der Waals surface area contributed by atoms with Gasteiger partial charge in [0.25, 0.3) is 0 Å². The summed E-state index contributed by atoms with van der Waals surface area (Å²) in [6.07, 6.45) is 5.52. The second-order valence-corrected chi connectivity index (χ2v) is 7.26. The van der Waals surface area contributed by atoms with E-state index in [0.717, 1.165) is 16.2 Å². The Morgan fingerprint density at radius 2 is 1.80 bits per heavy atom. The molecule has 0 unspecified atom stereocenters. The molecule has 1 aromatic rings. The van der Waals surface area contributed by atoms with Crippen LogP contribution >= 0.6 is 11.6 Å². The van der Waals surface area contributed by atoms with Crippen molar-refractivity contribution in [2.24, 2.45) is 0 Å². The Kier molecular flexibility index (Phi) is 3.39. The SMILES string of the molecule is CC1(C)OB(c2cnc(C3CCC3)c(Cl)c2)OC1(C)C. The predicted molar refractivity (Wildman–Crippen MR) is 81.6 cm³/mol. The molecule has 1 aliphatic heterocycles. The Morgan fingerprint density at radius 1 is 1.20 bits per heavy atom. The maximum Gasteiger partial charge on any atom is 0.496 e. The van der Waals surface area contributed by atoms with Gasteiger partial charge in [-0.2, -0.15) is 0 Å². The summed E-state index contributed by atoms with van der Waals surface area (Å²) in [5.41, 5.74) is 1.25. The van der Waals surface area contributed by atoms with Crippen molar-refractivity contribution in [1.82, 2.24) is 4.98 Å². The zero-order valence-corrected chi connectivity index (χ0v) is 13.3. The van der Waals surface area contributed by atoms with Gasteiger partial charge in [-0.1, -0.05) is 18.0 Å². The first-order valence-electron chi connectivity index (χ1n) is 7.31. The predicted octanol–water partition coefficient (Wildman–Crippen LogP) is 3.30. The van der Waals surface area contributed by atoms with Crippen molar-refractivity contribution < 1.29 is 9.31 Å². The minimum absolute atomic E-state index is 0.337. The van der Waals surface area contributed by atoms with Crippen molar-refractivity contribution in [3.05, 3.63) is 23.0 Å². The largest absolute Gasteiger partial charge is 0.496 e. The molecule has 1 saturated carbocycles. The van der Waals surface area contributed by atoms with Crippen LogP contribution in [0.4, 0.5) is 0 Å². The average molecular weight is 294 g/mol. The summed E-state index contributed by atoms with van der Waals surface area (Å²) in [7, 11) is -0.388. The first kappa shape index (κ1) is 14.4. The van der Waals surface area contributed by atoms with E-state index in [1.807, 2.05) is 40.0 Å². The third kappa shape index (κ3) is 2.28. The van der Waals surface area contributed by atoms with Crippen LogP contribution in [-0.2, 0) is 9.31 Å². The summed E-state index contributed by atoms with van der Waals surface area (Å²) in [5.74, 6) is 0.537. The molecule has 5 heteroatoms. The van der Waals surface area contributed by atoms with E-state index in [1.165, 1.54) is 19.3 Å². The maximum absolute atomic E-state index is 6.38. The van der Waals surface area contributed by atoms with Gasteiger partial charge >= 0.3 is 7.12 Å². The van der Waals surface area contributed by atoms with Crippen LogP contribution in [0.1, 0.15) is 58.6 Å². The topological polar surface area (TPSA) is 31.4 Å². The van der Waals surface area contributed by atoms with E-state index < -0.39 is 0 Å². The van der Waals surface area contributed by atoms with E-state index >= 15 is 0 Å². The van der Waals surface area contributed by atoms with E-state index in [4.69, 9.17) is 20.9 Å². The molecule has 0 spiro atoms. The standard InChI is InChI=1S/C15H21BClNO2/c1-14(2)15(3,4)20-16(19-14)11-8-12(17)13(18-9-11)10-6-5-7-10/h8-10H,5-7H2,1-4H3. The zero-order chi connectivity index (χ0) is 14.5. The molecular weight excluding hydrogens is 272 g/mol. The van der Waals surface area contributed by atoms with Gasteiger partial charge in [0.15, 0.2) is 0 Å². The molecule has 3 rings (SSSR count). The average Bonchev–Trinajstić information content (AvgIpc) is 2.48. The highest BCUT2D eigenvalue weighted by molar-refractivity contribution is 6.62. The van der Waals surface area contributed by atoms with Gasteiger partial charge in [0.05, 0.1) is 21.9 Å². The normalized spacial score (nSPS) is 24.8. The van der Waals surface area contributed by atoms with Crippen LogP contribution in [0.3, 0.4) is 0 Å². The van der Waals surface area contributed by atoms with Crippen LogP contribution < -0.4 is 5.46 Å². The van der Waals surface area contributed by atoms with E-state index in [0.29, 0.717) is 5.92 Å². The first-order chi connectivity index (χ1) is 9.30. The van der Waals surface area contributed by atoms with Crippen molar-refractivity contribution in [1.29, 1.82) is 0 Å². The second kappa shape index (κ2) is 4.72. The lowest BCUT2D eigenvalue weighted by atomic mass is 9.78. The molecule has 108 valence electrons. The Labute approximate surface area is 126 Å². The summed E-state index contributed by atoms with van der Waals surface area (Å²) in [6.45, 7) is 8.19. The first-order valence-corrected chi connectivity index (χ1v) is 7.69. The molecule has 2 heterocycles. The van der Waals surface area contributed by atoms with Gasteiger partial charge in [0, 0.05) is 17.6 Å². The summed E-state index contributed by atoms with van der Waals surface area (Å²) in [5, 5.41) is 0.738. The maximum atomic E-state index is 6.38. The minimum Gasteiger partial charge on any atom is -0.399 e. The lowest BCUT2D eigenvalue weighted by molar-refractivity contribution is 0.00578. The van der Waals surface area contributed by atoms with Crippen LogP contribution in [0.5, 0.6) is 0 Å². The highest BCUT2D eigenvalue weighted by Crippen LogP contribution is 2.39. The molecule has 2 aliphatic rings. The van der Waals surface area contributed by atoms with Crippen molar-refractivity contribution in [3.63, 3.8) is 0 Å². The van der Waals surface area contributed by atoms with E-state index in [9.17, 15) is 0 Å². The summed E-state index contributed by atoms with van der Waals surface area (Å²) in [4.78, 5) is 4.55. The molecule has 0 N–H and O–H groups in total. The van der Waals surface area contributed by atoms with Gasteiger partial charge in [-0.25, -0.2) is 0 Å². The second-order valence-electron chi connectivity index (χ2n) is 6.85. The fraction of sp³-hybridized carbons (Fsp3) is 0.667. The Balaban J connectivity index is 1.83. The molecule has 1 saturated heterocycles. The van der Waals surface area contributed by atoms with E-state index in [1.54, 1.807) is 0 Å². The van der Waals surface area contributed by atoms with Gasteiger partial charge < -0.3 is 9.31 Å². The Bertz CT molecular complexity index is 513. The van der Waals surface area contributed by atoms with Gasteiger partial charge in [-0.15, -0.1) is 0 Å². The molecule has 2 fully saturated rings. The van der Waals surface area contributed by atoms with Crippen molar-refractivity contribution in [3.8, 4) is 0 Å². The number of hydrogen-bond donors (Lipinski definition) is 0. The minimum atomic E-state index is -0.388. The summed E-state index contributed by atoms with van der Waals surface area (Å²) in [6, 6.07) is 1.95. The fourth-order valence-electron chi connectivity index (χ4n) is 2.55. The molecule has 0 amide bonds. The molecule has 0 atom stereocenters. The molecule has 20 heavy (non-hydrogen) atoms. The van der Waals surface area contributed by atoms with Crippen LogP contribution in [0.2, 0.25) is 5.02 Å². The van der Waals surface area contributed by atoms with Crippen LogP contribution in [-0.4, -0.2) is 23.3 Å². The van der Waals surface area contributed by atoms with Gasteiger partial charge in [0.2, 0.25) is 0 Å². The molecule has 0 bridgehead atoms. The van der Waals surface area contributed by atoms with Gasteiger partial charge in [-0.3, -0.25) is 4.98 Å². The van der Waals surface area contributed by atoms with E-state index in [2.05, 4.69) is 4.98 Å². The number of halogens is 1. The third-order valence-corrected chi connectivity index (χ3v) is 5.21. The Morgan fingerprint density at radius 3 is 2.25 bits per heavy atom. The highest BCUT2D eigenvalue weighted by Gasteiger charge is 2.51. The number of nitrogens with zero attached hydrogens (tertiary/aromatic N) is 1. The molecule has 1 aromatic heterocycles. The van der Waals surface area contributed by atoms with Crippen LogP contribution in [0.15, 0.2) is 12.3 Å². The van der Waals surface area contributed by atoms with Crippen molar-refractivity contribution >= 4 is 24.2 Å². The monoisotopic (exact) mass is 293 g/mol. The third-order valence-electron chi connectivity index (χ3n) is 4.91. The quantitative estimate of drug-likeness (QED) is 0.784. The lowest BCUT2D eigenvalue weighted by Gasteiger charge is -2.32. The highest BCUT2D eigenvalue weighted by atomic mass is 35.5. The summed E-state index contributed by atoms with van der Waals surface area (Å²) >= 11 is 6.38. The molecule has 0 aromatic carbocycles. The molecular formula is C15H21BClNO2. The number of aromatic nitrogens is 1. The molecule has 3 nitrogen and oxygen atoms in total. The fourth-order valence-corrected chi connectivity index (χ4v) is 2.88.